The lowest BCUT2D eigenvalue weighted by Gasteiger charge is -2.14. The molecule has 0 aliphatic rings. The van der Waals surface area contributed by atoms with Crippen LogP contribution in [-0.4, -0.2) is 33.6 Å². The number of carbonyl (C=O) groups excluding carboxylic acids is 1. The van der Waals surface area contributed by atoms with Gasteiger partial charge in [-0.15, -0.1) is 0 Å². The Morgan fingerprint density at radius 2 is 2.21 bits per heavy atom. The van der Waals surface area contributed by atoms with Crippen LogP contribution in [0.4, 0.5) is 0 Å². The molecule has 1 amide bonds. The van der Waals surface area contributed by atoms with Crippen molar-refractivity contribution in [3.05, 3.63) is 0 Å². The Kier molecular flexibility index (Phi) is 5.90. The molecule has 0 aliphatic carbocycles. The van der Waals surface area contributed by atoms with Crippen LogP contribution in [-0.2, 0) is 13.9 Å². The van der Waals surface area contributed by atoms with Crippen LogP contribution in [0.1, 0.15) is 19.8 Å². The summed E-state index contributed by atoms with van der Waals surface area (Å²) in [6, 6.07) is 0. The molecule has 4 N–H and O–H groups in total. The minimum Gasteiger partial charge on any atom is -0.368 e. The average Bonchev–Trinajstić information content (AvgIpc) is 2.13. The highest BCUT2D eigenvalue weighted by molar-refractivity contribution is 7.52. The summed E-state index contributed by atoms with van der Waals surface area (Å²) in [5.74, 6) is -0.783. The first-order chi connectivity index (χ1) is 6.41. The van der Waals surface area contributed by atoms with Crippen LogP contribution in [0.2, 0.25) is 0 Å². The number of rotatable bonds is 6. The highest BCUT2D eigenvalue weighted by Crippen LogP contribution is 2.43. The van der Waals surface area contributed by atoms with E-state index >= 15 is 0 Å². The van der Waals surface area contributed by atoms with Gasteiger partial charge in [0.05, 0.1) is 6.16 Å². The van der Waals surface area contributed by atoms with Crippen LogP contribution in [0, 0.1) is 0 Å². The number of hydrogen-bond acceptors (Lipinski definition) is 5. The molecule has 0 rings (SSSR count). The number of aliphatic hydroxyl groups excluding tert-OH is 1. The number of amides is 1. The highest BCUT2D eigenvalue weighted by Gasteiger charge is 2.23. The van der Waals surface area contributed by atoms with Crippen LogP contribution in [0.15, 0.2) is 0 Å². The summed E-state index contributed by atoms with van der Waals surface area (Å²) in [6.45, 7) is 1.57. The average molecular weight is 227 g/mol. The molecular weight excluding hydrogens is 213 g/mol. The Morgan fingerprint density at radius 3 is 2.64 bits per heavy atom. The maximum Gasteiger partial charge on any atom is 0.330 e. The van der Waals surface area contributed by atoms with Crippen molar-refractivity contribution in [1.29, 1.82) is 0 Å². The topological polar surface area (TPSA) is 116 Å². The zero-order valence-corrected chi connectivity index (χ0v) is 8.61. The molecule has 0 fully saturated rings. The Morgan fingerprint density at radius 1 is 1.64 bits per heavy atom. The summed E-state index contributed by atoms with van der Waals surface area (Å²) >= 11 is 0. The third kappa shape index (κ3) is 6.06. The van der Waals surface area contributed by atoms with E-state index < -0.39 is 26.0 Å². The summed E-state index contributed by atoms with van der Waals surface area (Å²) in [6.07, 6.45) is -1.93. The molecule has 0 aliphatic heterocycles. The van der Waals surface area contributed by atoms with Crippen molar-refractivity contribution in [2.45, 2.75) is 26.1 Å². The normalized spacial score (nSPS) is 17.1. The largest absolute Gasteiger partial charge is 0.368 e. The van der Waals surface area contributed by atoms with Gasteiger partial charge < -0.3 is 10.00 Å². The second-order valence-electron chi connectivity index (χ2n) is 2.61. The first kappa shape index (κ1) is 13.5. The van der Waals surface area contributed by atoms with Crippen LogP contribution in [0.3, 0.4) is 0 Å². The van der Waals surface area contributed by atoms with Gasteiger partial charge in [-0.1, -0.05) is 6.92 Å². The van der Waals surface area contributed by atoms with E-state index in [0.29, 0.717) is 0 Å². The van der Waals surface area contributed by atoms with Crippen molar-refractivity contribution in [3.63, 3.8) is 0 Å². The Hall–Kier alpha value is -0.460. The maximum atomic E-state index is 11.1. The smallest absolute Gasteiger partial charge is 0.330 e. The van der Waals surface area contributed by atoms with E-state index in [-0.39, 0.29) is 12.8 Å². The summed E-state index contributed by atoms with van der Waals surface area (Å²) in [4.78, 5) is 19.6. The van der Waals surface area contributed by atoms with Crippen LogP contribution >= 0.6 is 7.60 Å². The fraction of sp³-hybridized carbons (Fsp3) is 0.833. The molecule has 2 unspecified atom stereocenters. The third-order valence-corrected chi connectivity index (χ3v) is 2.74. The lowest BCUT2D eigenvalue weighted by atomic mass is 10.5. The fourth-order valence-electron chi connectivity index (χ4n) is 0.616. The van der Waals surface area contributed by atoms with E-state index in [1.807, 2.05) is 0 Å². The standard InChI is InChI=1S/C6H14NO6P/c1-2-6(9)13-14(11,12)4-3-5(8)7-10/h6,9-10H,2-4H2,1H3,(H,7,8)(H,11,12). The van der Waals surface area contributed by atoms with Gasteiger partial charge in [-0.2, -0.15) is 0 Å². The van der Waals surface area contributed by atoms with Crippen LogP contribution in [0.25, 0.3) is 0 Å². The lowest BCUT2D eigenvalue weighted by Crippen LogP contribution is -2.20. The summed E-state index contributed by atoms with van der Waals surface area (Å²) in [7, 11) is -3.95. The van der Waals surface area contributed by atoms with Crippen molar-refractivity contribution in [2.75, 3.05) is 6.16 Å². The van der Waals surface area contributed by atoms with E-state index in [0.717, 1.165) is 0 Å². The van der Waals surface area contributed by atoms with Gasteiger partial charge >= 0.3 is 7.60 Å². The molecule has 0 saturated carbocycles. The van der Waals surface area contributed by atoms with E-state index in [1.165, 1.54) is 5.48 Å². The third-order valence-electron chi connectivity index (χ3n) is 1.38. The SMILES string of the molecule is CCC(O)OP(=O)(O)CCC(=O)NO. The molecule has 0 aromatic carbocycles. The lowest BCUT2D eigenvalue weighted by molar-refractivity contribution is -0.128. The fourth-order valence-corrected chi connectivity index (χ4v) is 1.74. The van der Waals surface area contributed by atoms with E-state index in [4.69, 9.17) is 15.2 Å². The molecule has 0 bridgehead atoms. The Labute approximate surface area is 81.2 Å². The second kappa shape index (κ2) is 6.10. The number of aliphatic hydroxyl groups is 1. The summed E-state index contributed by atoms with van der Waals surface area (Å²) in [5.41, 5.74) is 1.32. The minimum atomic E-state index is -3.95. The van der Waals surface area contributed by atoms with Gasteiger partial charge in [-0.3, -0.25) is 19.1 Å². The number of hydroxylamine groups is 1. The zero-order chi connectivity index (χ0) is 11.2. The zero-order valence-electron chi connectivity index (χ0n) is 7.71. The summed E-state index contributed by atoms with van der Waals surface area (Å²) in [5, 5.41) is 17.0. The van der Waals surface area contributed by atoms with Crippen molar-refractivity contribution < 1.29 is 29.1 Å². The molecule has 8 heteroatoms. The Balaban J connectivity index is 3.95. The molecule has 0 radical (unpaired) electrons. The summed E-state index contributed by atoms with van der Waals surface area (Å²) < 4.78 is 15.5. The van der Waals surface area contributed by atoms with Gasteiger partial charge in [0.25, 0.3) is 0 Å². The quantitative estimate of drug-likeness (QED) is 0.216. The van der Waals surface area contributed by atoms with Gasteiger partial charge in [-0.05, 0) is 6.42 Å². The Bertz CT molecular complexity index is 232. The molecular formula is C6H14NO6P. The van der Waals surface area contributed by atoms with E-state index in [2.05, 4.69) is 4.52 Å². The van der Waals surface area contributed by atoms with Crippen molar-refractivity contribution in [3.8, 4) is 0 Å². The second-order valence-corrected chi connectivity index (χ2v) is 4.55. The molecule has 0 spiro atoms. The maximum absolute atomic E-state index is 11.1. The molecule has 0 aromatic heterocycles. The highest BCUT2D eigenvalue weighted by atomic mass is 31.2. The van der Waals surface area contributed by atoms with E-state index in [1.54, 1.807) is 6.92 Å². The van der Waals surface area contributed by atoms with E-state index in [9.17, 15) is 9.36 Å². The van der Waals surface area contributed by atoms with Crippen LogP contribution < -0.4 is 5.48 Å². The molecule has 0 heterocycles. The first-order valence-corrected chi connectivity index (χ1v) is 5.78. The van der Waals surface area contributed by atoms with Crippen LogP contribution in [0.5, 0.6) is 0 Å². The number of hydrogen-bond donors (Lipinski definition) is 4. The minimum absolute atomic E-state index is 0.177. The molecule has 7 nitrogen and oxygen atoms in total. The van der Waals surface area contributed by atoms with Gasteiger partial charge in [0, 0.05) is 6.42 Å². The predicted octanol–water partition coefficient (Wildman–Crippen LogP) is -0.188. The van der Waals surface area contributed by atoms with Crippen molar-refractivity contribution in [2.24, 2.45) is 0 Å². The van der Waals surface area contributed by atoms with Gasteiger partial charge in [0.15, 0.2) is 6.29 Å². The van der Waals surface area contributed by atoms with Crippen molar-refractivity contribution in [1.82, 2.24) is 5.48 Å². The van der Waals surface area contributed by atoms with Gasteiger partial charge in [-0.25, -0.2) is 5.48 Å². The predicted molar refractivity (Wildman–Crippen MR) is 46.6 cm³/mol. The molecule has 2 atom stereocenters. The number of nitrogens with one attached hydrogen (secondary N) is 1. The first-order valence-electron chi connectivity index (χ1n) is 4.02. The molecule has 84 valence electrons. The molecule has 0 saturated heterocycles. The van der Waals surface area contributed by atoms with Gasteiger partial charge in [0.2, 0.25) is 5.91 Å². The monoisotopic (exact) mass is 227 g/mol. The number of carbonyl (C=O) groups is 1. The van der Waals surface area contributed by atoms with Gasteiger partial charge in [0.1, 0.15) is 0 Å². The molecule has 0 aromatic rings. The molecule has 14 heavy (non-hydrogen) atoms. The van der Waals surface area contributed by atoms with Crippen molar-refractivity contribution >= 4 is 13.5 Å².